The van der Waals surface area contributed by atoms with Gasteiger partial charge in [0.25, 0.3) is 5.91 Å². The predicted octanol–water partition coefficient (Wildman–Crippen LogP) is 4.46. The number of nitrogens with one attached hydrogen (secondary N) is 2. The fourth-order valence-corrected chi connectivity index (χ4v) is 4.53. The quantitative estimate of drug-likeness (QED) is 0.387. The van der Waals surface area contributed by atoms with E-state index in [-0.39, 0.29) is 17.7 Å². The van der Waals surface area contributed by atoms with Gasteiger partial charge in [-0.2, -0.15) is 0 Å². The highest BCUT2D eigenvalue weighted by molar-refractivity contribution is 6.34. The van der Waals surface area contributed by atoms with Crippen LogP contribution in [-0.2, 0) is 14.3 Å². The third-order valence-corrected chi connectivity index (χ3v) is 6.70. The van der Waals surface area contributed by atoms with Crippen LogP contribution < -0.4 is 10.6 Å². The van der Waals surface area contributed by atoms with Crippen molar-refractivity contribution in [3.8, 4) is 5.75 Å². The van der Waals surface area contributed by atoms with Crippen LogP contribution in [0.4, 0.5) is 10.5 Å². The molecular weight excluding hydrogens is 510 g/mol. The van der Waals surface area contributed by atoms with Gasteiger partial charge in [-0.05, 0) is 81.8 Å². The Balaban J connectivity index is 2.04. The first kappa shape index (κ1) is 29.3. The van der Waals surface area contributed by atoms with E-state index in [4.69, 9.17) is 16.3 Å². The summed E-state index contributed by atoms with van der Waals surface area (Å²) in [5, 5.41) is 25.8. The van der Waals surface area contributed by atoms with Gasteiger partial charge >= 0.3 is 6.09 Å². The number of phenolic OH excluding ortho intramolecular Hbond substituents is 1. The van der Waals surface area contributed by atoms with Crippen LogP contribution in [0.15, 0.2) is 36.4 Å². The minimum atomic E-state index is -1.34. The van der Waals surface area contributed by atoms with E-state index >= 15 is 0 Å². The molecule has 206 valence electrons. The molecule has 0 spiro atoms. The summed E-state index contributed by atoms with van der Waals surface area (Å²) in [6, 6.07) is 7.12. The Bertz CT molecular complexity index is 1190. The number of aliphatic hydroxyl groups excluding tert-OH is 1. The van der Waals surface area contributed by atoms with Crippen molar-refractivity contribution in [1.82, 2.24) is 10.2 Å². The molecule has 1 saturated carbocycles. The van der Waals surface area contributed by atoms with Crippen molar-refractivity contribution in [2.45, 2.75) is 71.7 Å². The molecule has 38 heavy (non-hydrogen) atoms. The van der Waals surface area contributed by atoms with Gasteiger partial charge < -0.3 is 30.5 Å². The van der Waals surface area contributed by atoms with Gasteiger partial charge in [0.15, 0.2) is 0 Å². The maximum atomic E-state index is 13.9. The first-order valence-electron chi connectivity index (χ1n) is 12.5. The molecule has 10 heteroatoms. The van der Waals surface area contributed by atoms with E-state index in [0.29, 0.717) is 28.3 Å². The van der Waals surface area contributed by atoms with Gasteiger partial charge in [0.2, 0.25) is 5.91 Å². The standard InChI is InChI=1S/C28H36ClN3O6/c1-15-8-7-9-19(29)23(15)31-25(35)24(18-10-11-22(34)17(3)12-18)32(21-13-16(21)2)26(36)20(14-33)30-27(37)38-28(4,5)6/h7-12,16,20-21,24,33-34H,13-14H2,1-6H3,(H,30,37)(H,31,35). The van der Waals surface area contributed by atoms with Crippen LogP contribution in [0.25, 0.3) is 0 Å². The molecule has 3 amide bonds. The fraction of sp³-hybridized carbons (Fsp3) is 0.464. The number of anilines is 1. The van der Waals surface area contributed by atoms with Gasteiger partial charge in [-0.3, -0.25) is 9.59 Å². The van der Waals surface area contributed by atoms with Crippen molar-refractivity contribution in [2.24, 2.45) is 5.92 Å². The highest BCUT2D eigenvalue weighted by Crippen LogP contribution is 2.42. The van der Waals surface area contributed by atoms with Crippen LogP contribution >= 0.6 is 11.6 Å². The van der Waals surface area contributed by atoms with E-state index in [1.807, 2.05) is 6.92 Å². The van der Waals surface area contributed by atoms with E-state index in [9.17, 15) is 24.6 Å². The molecule has 0 aromatic heterocycles. The van der Waals surface area contributed by atoms with Gasteiger partial charge in [0.05, 0.1) is 17.3 Å². The number of para-hydroxylation sites is 1. The second-order valence-corrected chi connectivity index (χ2v) is 11.2. The topological polar surface area (TPSA) is 128 Å². The second-order valence-electron chi connectivity index (χ2n) is 10.8. The Morgan fingerprint density at radius 1 is 1.16 bits per heavy atom. The average molecular weight is 546 g/mol. The van der Waals surface area contributed by atoms with Crippen LogP contribution in [0, 0.1) is 19.8 Å². The summed E-state index contributed by atoms with van der Waals surface area (Å²) in [6.45, 7) is 9.82. The van der Waals surface area contributed by atoms with Gasteiger partial charge in [0, 0.05) is 6.04 Å². The first-order valence-corrected chi connectivity index (χ1v) is 12.9. The zero-order valence-electron chi connectivity index (χ0n) is 22.5. The zero-order chi connectivity index (χ0) is 28.4. The molecule has 2 aromatic carbocycles. The predicted molar refractivity (Wildman–Crippen MR) is 145 cm³/mol. The molecule has 1 fully saturated rings. The first-order chi connectivity index (χ1) is 17.7. The van der Waals surface area contributed by atoms with Crippen LogP contribution in [0.1, 0.15) is 56.8 Å². The number of aromatic hydroxyl groups is 1. The number of rotatable bonds is 8. The summed E-state index contributed by atoms with van der Waals surface area (Å²) >= 11 is 6.37. The molecule has 0 saturated heterocycles. The van der Waals surface area contributed by atoms with Gasteiger partial charge in [-0.25, -0.2) is 4.79 Å². The van der Waals surface area contributed by atoms with E-state index < -0.39 is 42.2 Å². The Morgan fingerprint density at radius 2 is 1.82 bits per heavy atom. The molecule has 0 heterocycles. The smallest absolute Gasteiger partial charge is 0.408 e. The van der Waals surface area contributed by atoms with Crippen molar-refractivity contribution < 1.29 is 29.3 Å². The summed E-state index contributed by atoms with van der Waals surface area (Å²) in [5.41, 5.74) is 1.34. The summed E-state index contributed by atoms with van der Waals surface area (Å²) in [5.74, 6) is -1.01. The SMILES string of the molecule is Cc1cc(C(C(=O)Nc2c(C)cccc2Cl)N(C(=O)C(CO)NC(=O)OC(C)(C)C)C2CC2C)ccc1O. The van der Waals surface area contributed by atoms with Crippen LogP contribution in [-0.4, -0.2) is 57.3 Å². The summed E-state index contributed by atoms with van der Waals surface area (Å²) in [7, 11) is 0. The number of carbonyl (C=O) groups excluding carboxylic acids is 3. The minimum Gasteiger partial charge on any atom is -0.508 e. The summed E-state index contributed by atoms with van der Waals surface area (Å²) in [4.78, 5) is 41.7. The molecule has 0 aliphatic heterocycles. The number of benzene rings is 2. The van der Waals surface area contributed by atoms with Crippen molar-refractivity contribution >= 4 is 35.2 Å². The number of carbonyl (C=O) groups is 3. The van der Waals surface area contributed by atoms with E-state index in [1.54, 1.807) is 65.0 Å². The number of ether oxygens (including phenoxy) is 1. The van der Waals surface area contributed by atoms with Crippen LogP contribution in [0.3, 0.4) is 0 Å². The number of hydrogen-bond acceptors (Lipinski definition) is 6. The Kier molecular flexibility index (Phi) is 8.94. The molecule has 4 unspecified atom stereocenters. The molecule has 9 nitrogen and oxygen atoms in total. The summed E-state index contributed by atoms with van der Waals surface area (Å²) < 4.78 is 5.27. The summed E-state index contributed by atoms with van der Waals surface area (Å²) in [6.07, 6.45) is -0.218. The number of halogens is 1. The Morgan fingerprint density at radius 3 is 2.34 bits per heavy atom. The maximum Gasteiger partial charge on any atom is 0.408 e. The number of aliphatic hydroxyl groups is 1. The number of alkyl carbamates (subject to hydrolysis) is 1. The lowest BCUT2D eigenvalue weighted by Gasteiger charge is -2.35. The molecule has 4 atom stereocenters. The second kappa shape index (κ2) is 11.6. The van der Waals surface area contributed by atoms with Crippen molar-refractivity contribution in [3.05, 3.63) is 58.1 Å². The van der Waals surface area contributed by atoms with E-state index in [0.717, 1.165) is 5.56 Å². The lowest BCUT2D eigenvalue weighted by molar-refractivity contribution is -0.142. The average Bonchev–Trinajstić information content (AvgIpc) is 3.54. The number of hydrogen-bond donors (Lipinski definition) is 4. The molecule has 1 aliphatic rings. The molecule has 2 aromatic rings. The molecule has 1 aliphatic carbocycles. The lowest BCUT2D eigenvalue weighted by atomic mass is 9.99. The molecule has 0 bridgehead atoms. The van der Waals surface area contributed by atoms with Gasteiger partial charge in [-0.15, -0.1) is 0 Å². The Labute approximate surface area is 228 Å². The number of amides is 3. The van der Waals surface area contributed by atoms with E-state index in [1.165, 1.54) is 11.0 Å². The maximum absolute atomic E-state index is 13.9. The van der Waals surface area contributed by atoms with Crippen LogP contribution in [0.5, 0.6) is 5.75 Å². The minimum absolute atomic E-state index is 0.0485. The van der Waals surface area contributed by atoms with Gasteiger partial charge in [0.1, 0.15) is 23.4 Å². The van der Waals surface area contributed by atoms with Gasteiger partial charge in [-0.1, -0.05) is 36.7 Å². The molecule has 3 rings (SSSR count). The zero-order valence-corrected chi connectivity index (χ0v) is 23.3. The molecule has 0 radical (unpaired) electrons. The highest BCUT2D eigenvalue weighted by atomic mass is 35.5. The molecule has 4 N–H and O–H groups in total. The normalized spacial score (nSPS) is 18.2. The largest absolute Gasteiger partial charge is 0.508 e. The number of phenols is 1. The van der Waals surface area contributed by atoms with Crippen LogP contribution in [0.2, 0.25) is 5.02 Å². The lowest BCUT2D eigenvalue weighted by Crippen LogP contribution is -2.54. The van der Waals surface area contributed by atoms with Crippen molar-refractivity contribution in [1.29, 1.82) is 0 Å². The number of aryl methyl sites for hydroxylation is 2. The third-order valence-electron chi connectivity index (χ3n) is 6.38. The fourth-order valence-electron chi connectivity index (χ4n) is 4.26. The van der Waals surface area contributed by atoms with E-state index in [2.05, 4.69) is 10.6 Å². The third kappa shape index (κ3) is 6.96. The monoisotopic (exact) mass is 545 g/mol. The molecular formula is C28H36ClN3O6. The number of nitrogens with zero attached hydrogens (tertiary/aromatic N) is 1. The van der Waals surface area contributed by atoms with Crippen molar-refractivity contribution in [3.63, 3.8) is 0 Å². The van der Waals surface area contributed by atoms with Crippen molar-refractivity contribution in [2.75, 3.05) is 11.9 Å². The Hall–Kier alpha value is -3.30. The highest BCUT2D eigenvalue weighted by Gasteiger charge is 2.48.